The molecule has 15 heavy (non-hydrogen) atoms. The molecule has 1 atom stereocenters. The second-order valence-electron chi connectivity index (χ2n) is 3.36. The third-order valence-corrected chi connectivity index (χ3v) is 3.38. The molecular weight excluding hydrogens is 277 g/mol. The quantitative estimate of drug-likeness (QED) is 0.874. The van der Waals surface area contributed by atoms with Gasteiger partial charge in [-0.3, -0.25) is 0 Å². The van der Waals surface area contributed by atoms with Gasteiger partial charge in [0.1, 0.15) is 0 Å². The summed E-state index contributed by atoms with van der Waals surface area (Å²) in [7, 11) is 0. The Labute approximate surface area is 104 Å². The number of benzene rings is 1. The molecule has 0 amide bonds. The summed E-state index contributed by atoms with van der Waals surface area (Å²) in [6.07, 6.45) is 1.05. The summed E-state index contributed by atoms with van der Waals surface area (Å²) in [5.74, 6) is 0. The van der Waals surface area contributed by atoms with E-state index in [1.807, 2.05) is 18.2 Å². The molecule has 0 aliphatic carbocycles. The maximum absolute atomic E-state index is 9.26. The molecule has 1 unspecified atom stereocenters. The van der Waals surface area contributed by atoms with Crippen molar-refractivity contribution in [3.8, 4) is 0 Å². The average molecular weight is 293 g/mol. The van der Waals surface area contributed by atoms with E-state index in [-0.39, 0.29) is 12.6 Å². The summed E-state index contributed by atoms with van der Waals surface area (Å²) in [5.41, 5.74) is 1.04. The summed E-state index contributed by atoms with van der Waals surface area (Å²) in [5, 5.41) is 13.2. The lowest BCUT2D eigenvalue weighted by Crippen LogP contribution is -2.25. The van der Waals surface area contributed by atoms with Crippen LogP contribution < -0.4 is 5.32 Å². The van der Waals surface area contributed by atoms with E-state index in [9.17, 15) is 5.11 Å². The maximum atomic E-state index is 9.26. The van der Waals surface area contributed by atoms with Crippen molar-refractivity contribution in [2.24, 2.45) is 0 Å². The number of hydrogen-bond donors (Lipinski definition) is 2. The molecule has 0 saturated heterocycles. The van der Waals surface area contributed by atoms with E-state index >= 15 is 0 Å². The fraction of sp³-hybridized carbons (Fsp3) is 0.455. The maximum Gasteiger partial charge on any atom is 0.0626 e. The van der Waals surface area contributed by atoms with Gasteiger partial charge in [-0.2, -0.15) is 0 Å². The molecule has 1 aromatic carbocycles. The van der Waals surface area contributed by atoms with Gasteiger partial charge in [0.05, 0.1) is 17.7 Å². The molecule has 0 fully saturated rings. The van der Waals surface area contributed by atoms with E-state index in [1.165, 1.54) is 0 Å². The third-order valence-electron chi connectivity index (χ3n) is 2.17. The molecule has 0 heterocycles. The molecule has 0 aromatic heterocycles. The minimum atomic E-state index is -0.0153. The Bertz CT molecular complexity index is 319. The fourth-order valence-electron chi connectivity index (χ4n) is 1.34. The summed E-state index contributed by atoms with van der Waals surface area (Å²) in [6.45, 7) is 3.08. The molecule has 2 nitrogen and oxygen atoms in total. The minimum Gasteiger partial charge on any atom is -0.394 e. The highest BCUT2D eigenvalue weighted by Crippen LogP contribution is 2.25. The van der Waals surface area contributed by atoms with Crippen LogP contribution in [0.2, 0.25) is 5.02 Å². The van der Waals surface area contributed by atoms with E-state index in [2.05, 4.69) is 28.2 Å². The number of aliphatic hydroxyl groups is 1. The normalized spacial score (nSPS) is 12.8. The van der Waals surface area contributed by atoms with Crippen molar-refractivity contribution in [1.82, 2.24) is 5.32 Å². The van der Waals surface area contributed by atoms with Crippen LogP contribution in [0.25, 0.3) is 0 Å². The van der Waals surface area contributed by atoms with Crippen LogP contribution in [0.3, 0.4) is 0 Å². The zero-order valence-electron chi connectivity index (χ0n) is 8.63. The zero-order valence-corrected chi connectivity index (χ0v) is 11.0. The monoisotopic (exact) mass is 291 g/mol. The highest BCUT2D eigenvalue weighted by atomic mass is 79.9. The van der Waals surface area contributed by atoms with Gasteiger partial charge in [-0.25, -0.2) is 0 Å². The summed E-state index contributed by atoms with van der Waals surface area (Å²) in [4.78, 5) is 0. The van der Waals surface area contributed by atoms with Gasteiger partial charge < -0.3 is 10.4 Å². The Morgan fingerprint density at radius 3 is 2.80 bits per heavy atom. The van der Waals surface area contributed by atoms with Gasteiger partial charge in [0.25, 0.3) is 0 Å². The van der Waals surface area contributed by atoms with Crippen molar-refractivity contribution in [3.05, 3.63) is 33.3 Å². The van der Waals surface area contributed by atoms with Crippen LogP contribution in [0.5, 0.6) is 0 Å². The van der Waals surface area contributed by atoms with Gasteiger partial charge in [0.15, 0.2) is 0 Å². The Hall–Kier alpha value is -0.0900. The van der Waals surface area contributed by atoms with Crippen LogP contribution in [0.4, 0.5) is 0 Å². The molecule has 2 N–H and O–H groups in total. The highest BCUT2D eigenvalue weighted by molar-refractivity contribution is 9.10. The van der Waals surface area contributed by atoms with Crippen LogP contribution in [-0.2, 0) is 0 Å². The number of halogens is 2. The van der Waals surface area contributed by atoms with E-state index in [0.717, 1.165) is 23.0 Å². The fourth-order valence-corrected chi connectivity index (χ4v) is 1.85. The standard InChI is InChI=1S/C11H15BrClNO/c1-2-5-14-11(7-15)8-3-4-10(13)9(12)6-8/h3-4,6,11,14-15H,2,5,7H2,1H3. The van der Waals surface area contributed by atoms with Crippen molar-refractivity contribution < 1.29 is 5.11 Å². The molecular formula is C11H15BrClNO. The molecule has 0 spiro atoms. The Balaban J connectivity index is 2.78. The molecule has 0 aliphatic heterocycles. The number of nitrogens with one attached hydrogen (secondary N) is 1. The molecule has 0 radical (unpaired) electrons. The first-order chi connectivity index (χ1) is 7.19. The summed E-state index contributed by atoms with van der Waals surface area (Å²) < 4.78 is 0.860. The topological polar surface area (TPSA) is 32.3 Å². The van der Waals surface area contributed by atoms with Crippen molar-refractivity contribution in [1.29, 1.82) is 0 Å². The van der Waals surface area contributed by atoms with E-state index < -0.39 is 0 Å². The molecule has 0 saturated carbocycles. The largest absolute Gasteiger partial charge is 0.394 e. The SMILES string of the molecule is CCCNC(CO)c1ccc(Cl)c(Br)c1. The first-order valence-corrected chi connectivity index (χ1v) is 6.15. The van der Waals surface area contributed by atoms with Crippen molar-refractivity contribution in [2.45, 2.75) is 19.4 Å². The number of rotatable bonds is 5. The highest BCUT2D eigenvalue weighted by Gasteiger charge is 2.10. The van der Waals surface area contributed by atoms with Gasteiger partial charge >= 0.3 is 0 Å². The van der Waals surface area contributed by atoms with E-state index in [4.69, 9.17) is 11.6 Å². The second-order valence-corrected chi connectivity index (χ2v) is 4.62. The zero-order chi connectivity index (χ0) is 11.3. The van der Waals surface area contributed by atoms with Gasteiger partial charge in [0, 0.05) is 4.47 Å². The predicted octanol–water partition coefficient (Wildman–Crippen LogP) is 3.14. The third kappa shape index (κ3) is 3.76. The molecule has 1 aromatic rings. The molecule has 0 aliphatic rings. The van der Waals surface area contributed by atoms with Crippen LogP contribution in [-0.4, -0.2) is 18.3 Å². The smallest absolute Gasteiger partial charge is 0.0626 e. The molecule has 1 rings (SSSR count). The Morgan fingerprint density at radius 1 is 1.53 bits per heavy atom. The second kappa shape index (κ2) is 6.48. The molecule has 84 valence electrons. The van der Waals surface area contributed by atoms with Crippen molar-refractivity contribution in [3.63, 3.8) is 0 Å². The molecule has 4 heteroatoms. The predicted molar refractivity (Wildman–Crippen MR) is 67.3 cm³/mol. The first kappa shape index (κ1) is 13.0. The lowest BCUT2D eigenvalue weighted by Gasteiger charge is -2.16. The van der Waals surface area contributed by atoms with Crippen LogP contribution in [0.1, 0.15) is 24.9 Å². The Kier molecular flexibility index (Phi) is 5.61. The van der Waals surface area contributed by atoms with E-state index in [0.29, 0.717) is 5.02 Å². The van der Waals surface area contributed by atoms with Gasteiger partial charge in [0.2, 0.25) is 0 Å². The number of aliphatic hydroxyl groups excluding tert-OH is 1. The van der Waals surface area contributed by atoms with Crippen molar-refractivity contribution >= 4 is 27.5 Å². The first-order valence-electron chi connectivity index (χ1n) is 4.98. The van der Waals surface area contributed by atoms with Crippen LogP contribution in [0, 0.1) is 0 Å². The van der Waals surface area contributed by atoms with E-state index in [1.54, 1.807) is 0 Å². The van der Waals surface area contributed by atoms with Gasteiger partial charge in [-0.1, -0.05) is 24.6 Å². The number of hydrogen-bond acceptors (Lipinski definition) is 2. The van der Waals surface area contributed by atoms with Gasteiger partial charge in [-0.15, -0.1) is 0 Å². The average Bonchev–Trinajstić information content (AvgIpc) is 2.24. The summed E-state index contributed by atoms with van der Waals surface area (Å²) in [6, 6.07) is 5.68. The lowest BCUT2D eigenvalue weighted by molar-refractivity contribution is 0.245. The van der Waals surface area contributed by atoms with Crippen LogP contribution in [0.15, 0.2) is 22.7 Å². The van der Waals surface area contributed by atoms with Gasteiger partial charge in [-0.05, 0) is 46.6 Å². The molecule has 0 bridgehead atoms. The summed E-state index contributed by atoms with van der Waals surface area (Å²) >= 11 is 9.27. The lowest BCUT2D eigenvalue weighted by atomic mass is 10.1. The Morgan fingerprint density at radius 2 is 2.27 bits per heavy atom. The van der Waals surface area contributed by atoms with Crippen molar-refractivity contribution in [2.75, 3.05) is 13.2 Å². The van der Waals surface area contributed by atoms with Crippen LogP contribution >= 0.6 is 27.5 Å². The minimum absolute atomic E-state index is 0.0153.